The number of nitrogen functional groups attached to an aromatic ring is 1. The third-order valence-electron chi connectivity index (χ3n) is 3.53. The summed E-state index contributed by atoms with van der Waals surface area (Å²) in [5, 5.41) is 19.7. The molecule has 128 valence electrons. The lowest BCUT2D eigenvalue weighted by Gasteiger charge is -2.23. The number of hydrogen-bond donors (Lipinski definition) is 4. The Hall–Kier alpha value is -2.55. The molecule has 1 aliphatic rings. The van der Waals surface area contributed by atoms with Crippen molar-refractivity contribution in [1.82, 2.24) is 19.5 Å². The van der Waals surface area contributed by atoms with Gasteiger partial charge in [-0.1, -0.05) is 11.8 Å². The number of nitrogens with two attached hydrogens (primary N) is 1. The molecular formula is C13H13F2N5O4. The fourth-order valence-electron chi connectivity index (χ4n) is 2.47. The van der Waals surface area contributed by atoms with Gasteiger partial charge in [0.15, 0.2) is 17.4 Å². The van der Waals surface area contributed by atoms with Crippen molar-refractivity contribution in [2.24, 2.45) is 0 Å². The number of aliphatic hydroxyl groups is 2. The van der Waals surface area contributed by atoms with Crippen LogP contribution < -0.4 is 11.3 Å². The number of aromatic nitrogens is 4. The largest absolute Gasteiger partial charge is 0.394 e. The number of rotatable bonds is 2. The van der Waals surface area contributed by atoms with Gasteiger partial charge in [-0.15, -0.1) is 0 Å². The molecule has 1 fully saturated rings. The Morgan fingerprint density at radius 2 is 2.42 bits per heavy atom. The Morgan fingerprint density at radius 1 is 1.67 bits per heavy atom. The van der Waals surface area contributed by atoms with Crippen molar-refractivity contribution in [3.05, 3.63) is 16.7 Å². The van der Waals surface area contributed by atoms with Crippen molar-refractivity contribution in [2.75, 3.05) is 19.0 Å². The van der Waals surface area contributed by atoms with Crippen molar-refractivity contribution in [2.45, 2.75) is 24.1 Å². The van der Waals surface area contributed by atoms with E-state index in [1.165, 1.54) is 0 Å². The summed E-state index contributed by atoms with van der Waals surface area (Å²) in [7, 11) is 0. The molecule has 1 unspecified atom stereocenters. The second-order valence-electron chi connectivity index (χ2n) is 4.96. The van der Waals surface area contributed by atoms with Crippen LogP contribution in [0.5, 0.6) is 0 Å². The number of imidazole rings is 1. The van der Waals surface area contributed by atoms with E-state index in [0.717, 1.165) is 10.9 Å². The molecule has 1 aliphatic heterocycles. The summed E-state index contributed by atoms with van der Waals surface area (Å²) in [5.41, 5.74) is 1.24. The van der Waals surface area contributed by atoms with Crippen LogP contribution in [0.2, 0.25) is 0 Å². The smallest absolute Gasteiger partial charge is 0.280 e. The number of hydrogen-bond acceptors (Lipinski definition) is 7. The molecule has 4 atom stereocenters. The Bertz CT molecular complexity index is 965. The van der Waals surface area contributed by atoms with Crippen molar-refractivity contribution < 1.29 is 26.5 Å². The normalized spacial score (nSPS) is 31.4. The molecule has 0 aliphatic carbocycles. The monoisotopic (exact) mass is 343 g/mol. The van der Waals surface area contributed by atoms with Gasteiger partial charge in [-0.05, 0) is 0 Å². The average molecular weight is 343 g/mol. The molecule has 3 heterocycles. The van der Waals surface area contributed by atoms with Crippen LogP contribution in [-0.4, -0.2) is 60.8 Å². The number of nitrogens with one attached hydrogen (secondary N) is 1. The summed E-state index contributed by atoms with van der Waals surface area (Å²) in [4.78, 5) is 21.6. The van der Waals surface area contributed by atoms with Gasteiger partial charge < -0.3 is 20.7 Å². The third-order valence-corrected chi connectivity index (χ3v) is 3.53. The zero-order chi connectivity index (χ0) is 19.3. The van der Waals surface area contributed by atoms with Gasteiger partial charge in [0.25, 0.3) is 5.56 Å². The SMILES string of the molecule is [2H]C([2H])(O)[C@H]1O[C@@H](n2cnc3c(=O)[nH]c(N)nc32)C(F)(C#CCF)[C@H]1O. The van der Waals surface area contributed by atoms with Crippen molar-refractivity contribution in [1.29, 1.82) is 0 Å². The van der Waals surface area contributed by atoms with Crippen LogP contribution in [0.15, 0.2) is 11.1 Å². The van der Waals surface area contributed by atoms with Gasteiger partial charge in [0.1, 0.15) is 18.9 Å². The first-order valence-electron chi connectivity index (χ1n) is 7.62. The lowest BCUT2D eigenvalue weighted by Crippen LogP contribution is -2.42. The minimum atomic E-state index is -3.14. The fourth-order valence-corrected chi connectivity index (χ4v) is 2.47. The quantitative estimate of drug-likeness (QED) is 0.494. The van der Waals surface area contributed by atoms with Crippen LogP contribution in [0.4, 0.5) is 14.7 Å². The maximum absolute atomic E-state index is 15.4. The minimum Gasteiger partial charge on any atom is -0.394 e. The summed E-state index contributed by atoms with van der Waals surface area (Å²) in [6, 6.07) is 0. The number of aromatic amines is 1. The van der Waals surface area contributed by atoms with E-state index in [9.17, 15) is 19.4 Å². The second kappa shape index (κ2) is 5.82. The fraction of sp³-hybridized carbons (Fsp3) is 0.462. The predicted molar refractivity (Wildman–Crippen MR) is 77.2 cm³/mol. The first kappa shape index (κ1) is 13.8. The molecular weight excluding hydrogens is 328 g/mol. The van der Waals surface area contributed by atoms with E-state index in [2.05, 4.69) is 15.0 Å². The minimum absolute atomic E-state index is 0.228. The molecule has 0 radical (unpaired) electrons. The molecule has 2 aromatic rings. The zero-order valence-electron chi connectivity index (χ0n) is 13.9. The summed E-state index contributed by atoms with van der Waals surface area (Å²) in [6.45, 7) is -4.37. The Morgan fingerprint density at radius 3 is 3.08 bits per heavy atom. The number of aliphatic hydroxyl groups excluding tert-OH is 1. The lowest BCUT2D eigenvalue weighted by atomic mass is 9.96. The molecule has 3 rings (SSSR count). The van der Waals surface area contributed by atoms with Gasteiger partial charge in [0.2, 0.25) is 11.6 Å². The molecule has 0 bridgehead atoms. The van der Waals surface area contributed by atoms with Gasteiger partial charge in [0, 0.05) is 0 Å². The highest BCUT2D eigenvalue weighted by atomic mass is 19.1. The van der Waals surface area contributed by atoms with E-state index in [-0.39, 0.29) is 17.1 Å². The first-order valence-corrected chi connectivity index (χ1v) is 6.62. The Labute approximate surface area is 135 Å². The van der Waals surface area contributed by atoms with E-state index >= 15 is 4.39 Å². The number of fused-ring (bicyclic) bond motifs is 1. The topological polar surface area (TPSA) is 139 Å². The average Bonchev–Trinajstić information content (AvgIpc) is 3.05. The van der Waals surface area contributed by atoms with E-state index in [1.807, 2.05) is 11.8 Å². The van der Waals surface area contributed by atoms with Gasteiger partial charge in [0.05, 0.1) is 15.6 Å². The highest BCUT2D eigenvalue weighted by molar-refractivity contribution is 5.70. The number of anilines is 1. The van der Waals surface area contributed by atoms with Crippen LogP contribution in [-0.2, 0) is 4.74 Å². The Balaban J connectivity index is 2.20. The van der Waals surface area contributed by atoms with Crippen LogP contribution in [0.3, 0.4) is 0 Å². The lowest BCUT2D eigenvalue weighted by molar-refractivity contribution is -0.0504. The first-order chi connectivity index (χ1) is 12.1. The van der Waals surface area contributed by atoms with Crippen molar-refractivity contribution in [3.63, 3.8) is 0 Å². The highest BCUT2D eigenvalue weighted by Crippen LogP contribution is 2.42. The number of nitrogens with zero attached hydrogens (tertiary/aromatic N) is 3. The standard InChI is InChI=1S/C13H13F2N5O4/c14-3-1-2-13(15)8(22)6(4-21)24-11(13)20-5-17-7-9(20)18-12(16)19-10(7)23/h5-6,8,11,21-22H,3-4H2,(H3,16,18,19,23)/t6-,8+,11-,13?/m1/s1/i4D2. The van der Waals surface area contributed by atoms with Crippen LogP contribution in [0, 0.1) is 11.8 Å². The third kappa shape index (κ3) is 2.32. The summed E-state index contributed by atoms with van der Waals surface area (Å²) in [6.07, 6.45) is -5.26. The van der Waals surface area contributed by atoms with E-state index in [0.29, 0.717) is 0 Å². The van der Waals surface area contributed by atoms with Gasteiger partial charge in [-0.25, -0.2) is 13.8 Å². The predicted octanol–water partition coefficient (Wildman–Crippen LogP) is -1.37. The van der Waals surface area contributed by atoms with E-state index < -0.39 is 42.9 Å². The molecule has 24 heavy (non-hydrogen) atoms. The van der Waals surface area contributed by atoms with E-state index in [1.54, 1.807) is 0 Å². The summed E-state index contributed by atoms with van der Waals surface area (Å²) in [5.74, 6) is 3.36. The van der Waals surface area contributed by atoms with E-state index in [4.69, 9.17) is 13.2 Å². The Kier molecular flexibility index (Phi) is 3.36. The number of H-pyrrole nitrogens is 1. The molecule has 0 saturated carbocycles. The van der Waals surface area contributed by atoms with Crippen LogP contribution in [0.25, 0.3) is 11.2 Å². The number of ether oxygens (including phenoxy) is 1. The van der Waals surface area contributed by atoms with Gasteiger partial charge in [-0.3, -0.25) is 14.3 Å². The van der Waals surface area contributed by atoms with Crippen LogP contribution in [0.1, 0.15) is 8.97 Å². The number of halogens is 2. The van der Waals surface area contributed by atoms with Crippen molar-refractivity contribution in [3.8, 4) is 11.8 Å². The summed E-state index contributed by atoms with van der Waals surface area (Å²) >= 11 is 0. The highest BCUT2D eigenvalue weighted by Gasteiger charge is 2.57. The second-order valence-corrected chi connectivity index (χ2v) is 4.96. The summed E-state index contributed by atoms with van der Waals surface area (Å²) < 4.78 is 48.5. The number of alkyl halides is 2. The van der Waals surface area contributed by atoms with Gasteiger partial charge in [-0.2, -0.15) is 4.98 Å². The zero-order valence-corrected chi connectivity index (χ0v) is 11.9. The molecule has 5 N–H and O–H groups in total. The maximum atomic E-state index is 15.4. The molecule has 0 spiro atoms. The van der Waals surface area contributed by atoms with Gasteiger partial charge >= 0.3 is 0 Å². The van der Waals surface area contributed by atoms with Crippen LogP contribution >= 0.6 is 0 Å². The van der Waals surface area contributed by atoms with Crippen molar-refractivity contribution >= 4 is 17.1 Å². The molecule has 1 saturated heterocycles. The molecule has 9 nitrogen and oxygen atoms in total. The maximum Gasteiger partial charge on any atom is 0.280 e. The molecule has 0 amide bonds. The molecule has 0 aromatic carbocycles. The molecule has 2 aromatic heterocycles. The molecule has 11 heteroatoms.